The number of methoxy groups -OCH3 is 1. The van der Waals surface area contributed by atoms with Crippen molar-refractivity contribution < 1.29 is 4.74 Å². The summed E-state index contributed by atoms with van der Waals surface area (Å²) in [6.07, 6.45) is 3.10. The van der Waals surface area contributed by atoms with E-state index in [0.717, 1.165) is 18.8 Å². The zero-order valence-electron chi connectivity index (χ0n) is 10.0. The number of nitrogens with zero attached hydrogens (tertiary/aromatic N) is 2. The van der Waals surface area contributed by atoms with Gasteiger partial charge in [-0.3, -0.25) is 0 Å². The van der Waals surface area contributed by atoms with Gasteiger partial charge in [0.05, 0.1) is 18.3 Å². The molecule has 1 aromatic rings. The SMILES string of the molecule is CCCn1nccc1NC(C)C(C)OC. The Kier molecular flexibility index (Phi) is 4.62. The molecular weight excluding hydrogens is 190 g/mol. The Hall–Kier alpha value is -1.03. The third-order valence-corrected chi connectivity index (χ3v) is 2.60. The van der Waals surface area contributed by atoms with Crippen LogP contribution in [0.1, 0.15) is 27.2 Å². The molecule has 1 aromatic heterocycles. The Morgan fingerprint density at radius 1 is 1.53 bits per heavy atom. The average Bonchev–Trinajstić information content (AvgIpc) is 2.65. The summed E-state index contributed by atoms with van der Waals surface area (Å²) in [6.45, 7) is 7.26. The van der Waals surface area contributed by atoms with E-state index in [1.807, 2.05) is 16.9 Å². The van der Waals surface area contributed by atoms with E-state index in [9.17, 15) is 0 Å². The van der Waals surface area contributed by atoms with E-state index in [1.54, 1.807) is 7.11 Å². The van der Waals surface area contributed by atoms with Crippen LogP contribution in [0.25, 0.3) is 0 Å². The number of nitrogens with one attached hydrogen (secondary N) is 1. The smallest absolute Gasteiger partial charge is 0.124 e. The van der Waals surface area contributed by atoms with Gasteiger partial charge in [-0.2, -0.15) is 5.10 Å². The van der Waals surface area contributed by atoms with Crippen LogP contribution in [-0.2, 0) is 11.3 Å². The largest absolute Gasteiger partial charge is 0.380 e. The Bertz CT molecular complexity index is 285. The maximum Gasteiger partial charge on any atom is 0.124 e. The van der Waals surface area contributed by atoms with E-state index in [-0.39, 0.29) is 12.1 Å². The molecule has 0 saturated heterocycles. The molecule has 1 heterocycles. The highest BCUT2D eigenvalue weighted by Crippen LogP contribution is 2.10. The molecule has 0 aromatic carbocycles. The van der Waals surface area contributed by atoms with Crippen molar-refractivity contribution in [3.63, 3.8) is 0 Å². The molecule has 1 rings (SSSR count). The minimum Gasteiger partial charge on any atom is -0.380 e. The van der Waals surface area contributed by atoms with Gasteiger partial charge in [0.25, 0.3) is 0 Å². The Balaban J connectivity index is 2.59. The van der Waals surface area contributed by atoms with Crippen molar-refractivity contribution in [1.82, 2.24) is 9.78 Å². The summed E-state index contributed by atoms with van der Waals surface area (Å²) in [4.78, 5) is 0. The van der Waals surface area contributed by atoms with E-state index >= 15 is 0 Å². The lowest BCUT2D eigenvalue weighted by Crippen LogP contribution is -2.30. The lowest BCUT2D eigenvalue weighted by molar-refractivity contribution is 0.106. The van der Waals surface area contributed by atoms with E-state index in [2.05, 4.69) is 31.2 Å². The highest BCUT2D eigenvalue weighted by atomic mass is 16.5. The fourth-order valence-electron chi connectivity index (χ4n) is 1.40. The lowest BCUT2D eigenvalue weighted by Gasteiger charge is -2.21. The van der Waals surface area contributed by atoms with Crippen LogP contribution in [0.15, 0.2) is 12.3 Å². The van der Waals surface area contributed by atoms with Crippen LogP contribution in [0, 0.1) is 0 Å². The number of aryl methyl sites for hydroxylation is 1. The monoisotopic (exact) mass is 211 g/mol. The maximum absolute atomic E-state index is 5.27. The van der Waals surface area contributed by atoms with Crippen molar-refractivity contribution in [2.24, 2.45) is 0 Å². The van der Waals surface area contributed by atoms with E-state index in [4.69, 9.17) is 4.74 Å². The molecule has 0 saturated carbocycles. The van der Waals surface area contributed by atoms with Crippen molar-refractivity contribution in [2.75, 3.05) is 12.4 Å². The molecule has 0 spiro atoms. The zero-order chi connectivity index (χ0) is 11.3. The van der Waals surface area contributed by atoms with Crippen molar-refractivity contribution in [2.45, 2.75) is 45.9 Å². The van der Waals surface area contributed by atoms with Crippen LogP contribution in [-0.4, -0.2) is 29.0 Å². The van der Waals surface area contributed by atoms with Gasteiger partial charge in [0.15, 0.2) is 0 Å². The van der Waals surface area contributed by atoms with Gasteiger partial charge in [0.2, 0.25) is 0 Å². The number of ether oxygens (including phenoxy) is 1. The van der Waals surface area contributed by atoms with E-state index < -0.39 is 0 Å². The summed E-state index contributed by atoms with van der Waals surface area (Å²) in [5.74, 6) is 1.06. The summed E-state index contributed by atoms with van der Waals surface area (Å²) in [7, 11) is 1.73. The molecule has 0 radical (unpaired) electrons. The molecule has 4 heteroatoms. The van der Waals surface area contributed by atoms with Gasteiger partial charge in [-0.25, -0.2) is 4.68 Å². The second-order valence-corrected chi connectivity index (χ2v) is 3.81. The highest BCUT2D eigenvalue weighted by molar-refractivity contribution is 5.35. The minimum absolute atomic E-state index is 0.190. The second-order valence-electron chi connectivity index (χ2n) is 3.81. The van der Waals surface area contributed by atoms with Crippen LogP contribution >= 0.6 is 0 Å². The summed E-state index contributed by atoms with van der Waals surface area (Å²) < 4.78 is 7.25. The van der Waals surface area contributed by atoms with Crippen molar-refractivity contribution in [3.05, 3.63) is 12.3 Å². The van der Waals surface area contributed by atoms with Gasteiger partial charge in [-0.15, -0.1) is 0 Å². The van der Waals surface area contributed by atoms with Gasteiger partial charge >= 0.3 is 0 Å². The minimum atomic E-state index is 0.190. The molecule has 2 unspecified atom stereocenters. The van der Waals surface area contributed by atoms with Crippen molar-refractivity contribution in [3.8, 4) is 0 Å². The topological polar surface area (TPSA) is 39.1 Å². The number of hydrogen-bond acceptors (Lipinski definition) is 3. The maximum atomic E-state index is 5.27. The summed E-state index contributed by atoms with van der Waals surface area (Å²) in [6, 6.07) is 2.27. The third kappa shape index (κ3) is 3.23. The van der Waals surface area contributed by atoms with Crippen LogP contribution in [0.4, 0.5) is 5.82 Å². The fourth-order valence-corrected chi connectivity index (χ4v) is 1.40. The molecule has 0 bridgehead atoms. The van der Waals surface area contributed by atoms with Gasteiger partial charge < -0.3 is 10.1 Å². The Morgan fingerprint density at radius 2 is 2.27 bits per heavy atom. The van der Waals surface area contributed by atoms with Crippen LogP contribution < -0.4 is 5.32 Å². The summed E-state index contributed by atoms with van der Waals surface area (Å²) in [5.41, 5.74) is 0. The molecule has 2 atom stereocenters. The standard InChI is InChI=1S/C11H21N3O/c1-5-8-14-11(6-7-12-14)13-9(2)10(3)15-4/h6-7,9-10,13H,5,8H2,1-4H3. The molecule has 0 aliphatic carbocycles. The third-order valence-electron chi connectivity index (χ3n) is 2.60. The Morgan fingerprint density at radius 3 is 2.87 bits per heavy atom. The first-order chi connectivity index (χ1) is 7.19. The normalized spacial score (nSPS) is 14.9. The molecule has 4 nitrogen and oxygen atoms in total. The first kappa shape index (κ1) is 12.0. The van der Waals surface area contributed by atoms with Crippen molar-refractivity contribution >= 4 is 5.82 Å². The molecule has 86 valence electrons. The first-order valence-electron chi connectivity index (χ1n) is 5.50. The van der Waals surface area contributed by atoms with Crippen LogP contribution in [0.3, 0.4) is 0 Å². The molecule has 0 amide bonds. The van der Waals surface area contributed by atoms with E-state index in [0.29, 0.717) is 0 Å². The number of rotatable bonds is 6. The Labute approximate surface area is 91.6 Å². The number of hydrogen-bond donors (Lipinski definition) is 1. The summed E-state index contributed by atoms with van der Waals surface area (Å²) in [5, 5.41) is 7.66. The highest BCUT2D eigenvalue weighted by Gasteiger charge is 2.12. The predicted molar refractivity (Wildman–Crippen MR) is 62.1 cm³/mol. The predicted octanol–water partition coefficient (Wildman–Crippen LogP) is 2.13. The van der Waals surface area contributed by atoms with Crippen molar-refractivity contribution in [1.29, 1.82) is 0 Å². The van der Waals surface area contributed by atoms with Gasteiger partial charge in [0.1, 0.15) is 5.82 Å². The molecule has 15 heavy (non-hydrogen) atoms. The fraction of sp³-hybridized carbons (Fsp3) is 0.727. The van der Waals surface area contributed by atoms with Gasteiger partial charge in [-0.1, -0.05) is 6.92 Å². The molecule has 1 N–H and O–H groups in total. The van der Waals surface area contributed by atoms with Gasteiger partial charge in [-0.05, 0) is 20.3 Å². The quantitative estimate of drug-likeness (QED) is 0.783. The molecule has 0 aliphatic rings. The summed E-state index contributed by atoms with van der Waals surface area (Å²) >= 11 is 0. The molecule has 0 fully saturated rings. The zero-order valence-corrected chi connectivity index (χ0v) is 10.0. The van der Waals surface area contributed by atoms with Crippen LogP contribution in [0.5, 0.6) is 0 Å². The number of anilines is 1. The van der Waals surface area contributed by atoms with E-state index in [1.165, 1.54) is 0 Å². The first-order valence-corrected chi connectivity index (χ1v) is 5.50. The molecule has 0 aliphatic heterocycles. The second kappa shape index (κ2) is 5.75. The average molecular weight is 211 g/mol. The van der Waals surface area contributed by atoms with Gasteiger partial charge in [0, 0.05) is 19.7 Å². The molecular formula is C11H21N3O. The lowest BCUT2D eigenvalue weighted by atomic mass is 10.2. The van der Waals surface area contributed by atoms with Crippen LogP contribution in [0.2, 0.25) is 0 Å². The number of aromatic nitrogens is 2.